The highest BCUT2D eigenvalue weighted by atomic mass is 32.1. The first-order valence-corrected chi connectivity index (χ1v) is 8.77. The predicted octanol–water partition coefficient (Wildman–Crippen LogP) is 4.26. The fourth-order valence-electron chi connectivity index (χ4n) is 3.11. The molecule has 1 aromatic carbocycles. The summed E-state index contributed by atoms with van der Waals surface area (Å²) in [6.45, 7) is 8.63. The van der Waals surface area contributed by atoms with Crippen molar-refractivity contribution in [2.75, 3.05) is 6.54 Å². The molecule has 0 bridgehead atoms. The van der Waals surface area contributed by atoms with Crippen molar-refractivity contribution >= 4 is 11.3 Å². The van der Waals surface area contributed by atoms with E-state index in [9.17, 15) is 0 Å². The molecule has 0 unspecified atom stereocenters. The Labute approximate surface area is 131 Å². The van der Waals surface area contributed by atoms with Gasteiger partial charge in [0.25, 0.3) is 0 Å². The Kier molecular flexibility index (Phi) is 4.41. The van der Waals surface area contributed by atoms with E-state index in [-0.39, 0.29) is 0 Å². The highest BCUT2D eigenvalue weighted by Crippen LogP contribution is 2.37. The number of nitrogens with zero attached hydrogens (tertiary/aromatic N) is 1. The van der Waals surface area contributed by atoms with E-state index in [2.05, 4.69) is 50.4 Å². The second kappa shape index (κ2) is 6.29. The van der Waals surface area contributed by atoms with Gasteiger partial charge in [0, 0.05) is 17.3 Å². The van der Waals surface area contributed by atoms with Crippen molar-refractivity contribution < 1.29 is 0 Å². The van der Waals surface area contributed by atoms with E-state index in [1.807, 2.05) is 11.3 Å². The van der Waals surface area contributed by atoms with Crippen LogP contribution in [0.25, 0.3) is 0 Å². The van der Waals surface area contributed by atoms with Crippen LogP contribution < -0.4 is 5.32 Å². The van der Waals surface area contributed by atoms with Crippen LogP contribution in [-0.4, -0.2) is 11.5 Å². The maximum atomic E-state index is 5.01. The van der Waals surface area contributed by atoms with Gasteiger partial charge in [-0.1, -0.05) is 45.0 Å². The van der Waals surface area contributed by atoms with Gasteiger partial charge in [-0.3, -0.25) is 0 Å². The molecule has 0 spiro atoms. The third kappa shape index (κ3) is 3.04. The van der Waals surface area contributed by atoms with Gasteiger partial charge >= 0.3 is 0 Å². The monoisotopic (exact) mass is 300 g/mol. The molecule has 3 rings (SSSR count). The third-order valence-electron chi connectivity index (χ3n) is 4.23. The van der Waals surface area contributed by atoms with E-state index in [1.165, 1.54) is 26.7 Å². The average Bonchev–Trinajstić information content (AvgIpc) is 3.08. The number of aromatic nitrogens is 1. The van der Waals surface area contributed by atoms with Gasteiger partial charge in [0.05, 0.1) is 10.7 Å². The summed E-state index contributed by atoms with van der Waals surface area (Å²) in [4.78, 5) is 6.43. The highest BCUT2D eigenvalue weighted by Gasteiger charge is 2.26. The number of hydrogen-bond donors (Lipinski definition) is 1. The van der Waals surface area contributed by atoms with Crippen molar-refractivity contribution in [2.45, 2.75) is 52.0 Å². The second-order valence-electron chi connectivity index (χ2n) is 6.17. The first kappa shape index (κ1) is 14.7. The fraction of sp³-hybridized carbons (Fsp3) is 0.500. The number of hydrogen-bond acceptors (Lipinski definition) is 3. The summed E-state index contributed by atoms with van der Waals surface area (Å²) in [6.07, 6.45) is 2.31. The van der Waals surface area contributed by atoms with Crippen LogP contribution in [0.3, 0.4) is 0 Å². The van der Waals surface area contributed by atoms with E-state index in [0.717, 1.165) is 25.9 Å². The van der Waals surface area contributed by atoms with Crippen LogP contribution in [0.5, 0.6) is 0 Å². The molecule has 0 radical (unpaired) electrons. The molecule has 2 aromatic rings. The molecule has 0 saturated heterocycles. The zero-order chi connectivity index (χ0) is 14.8. The molecule has 0 amide bonds. The van der Waals surface area contributed by atoms with Crippen molar-refractivity contribution in [1.29, 1.82) is 0 Å². The van der Waals surface area contributed by atoms with Gasteiger partial charge < -0.3 is 5.32 Å². The molecule has 112 valence electrons. The quantitative estimate of drug-likeness (QED) is 0.892. The minimum atomic E-state index is 0.507. The van der Waals surface area contributed by atoms with Gasteiger partial charge in [0.2, 0.25) is 0 Å². The van der Waals surface area contributed by atoms with Crippen molar-refractivity contribution in [3.8, 4) is 0 Å². The average molecular weight is 300 g/mol. The summed E-state index contributed by atoms with van der Waals surface area (Å²) in [5.41, 5.74) is 4.32. The Morgan fingerprint density at radius 1 is 1.24 bits per heavy atom. The Hall–Kier alpha value is -1.19. The lowest BCUT2D eigenvalue weighted by Crippen LogP contribution is -2.12. The van der Waals surface area contributed by atoms with Gasteiger partial charge in [0.1, 0.15) is 0 Å². The largest absolute Gasteiger partial charge is 0.312 e. The molecule has 1 heterocycles. The summed E-state index contributed by atoms with van der Waals surface area (Å²) in [5.74, 6) is 1.09. The molecule has 3 heteroatoms. The summed E-state index contributed by atoms with van der Waals surface area (Å²) in [6, 6.07) is 8.84. The molecule has 0 saturated carbocycles. The molecular weight excluding hydrogens is 276 g/mol. The van der Waals surface area contributed by atoms with Crippen molar-refractivity contribution in [1.82, 2.24) is 10.3 Å². The number of benzene rings is 1. The lowest BCUT2D eigenvalue weighted by molar-refractivity contribution is 0.701. The zero-order valence-corrected chi connectivity index (χ0v) is 14.0. The number of rotatable bonds is 5. The number of thiazole rings is 1. The molecule has 0 fully saturated rings. The smallest absolute Gasteiger partial charge is 0.0969 e. The molecule has 1 aliphatic rings. The van der Waals surface area contributed by atoms with E-state index in [0.29, 0.717) is 11.8 Å². The Bertz CT molecular complexity index is 590. The van der Waals surface area contributed by atoms with Crippen molar-refractivity contribution in [2.24, 2.45) is 0 Å². The maximum absolute atomic E-state index is 5.01. The third-order valence-corrected chi connectivity index (χ3v) is 5.46. The van der Waals surface area contributed by atoms with Gasteiger partial charge in [-0.15, -0.1) is 11.3 Å². The van der Waals surface area contributed by atoms with Crippen LogP contribution in [0, 0.1) is 0 Å². The molecular formula is C18H24N2S. The van der Waals surface area contributed by atoms with Crippen LogP contribution >= 0.6 is 11.3 Å². The van der Waals surface area contributed by atoms with Crippen LogP contribution in [0.4, 0.5) is 0 Å². The van der Waals surface area contributed by atoms with Crippen molar-refractivity contribution in [3.63, 3.8) is 0 Å². The summed E-state index contributed by atoms with van der Waals surface area (Å²) in [7, 11) is 0. The summed E-state index contributed by atoms with van der Waals surface area (Å²) >= 11 is 1.92. The molecule has 2 nitrogen and oxygen atoms in total. The van der Waals surface area contributed by atoms with E-state index >= 15 is 0 Å². The van der Waals surface area contributed by atoms with Crippen LogP contribution in [0.2, 0.25) is 0 Å². The van der Waals surface area contributed by atoms with Crippen molar-refractivity contribution in [3.05, 3.63) is 51.0 Å². The number of nitrogens with one attached hydrogen (secondary N) is 1. The minimum absolute atomic E-state index is 0.507. The standard InChI is InChI=1S/C18H24N2S/c1-4-19-11-16-17(12(2)3)20-18(21-16)15-9-13-7-5-6-8-14(13)10-15/h5-8,12,15,19H,4,9-11H2,1-3H3. The predicted molar refractivity (Wildman–Crippen MR) is 90.2 cm³/mol. The van der Waals surface area contributed by atoms with Gasteiger partial charge in [-0.25, -0.2) is 4.98 Å². The van der Waals surface area contributed by atoms with Gasteiger partial charge in [0.15, 0.2) is 0 Å². The normalized spacial score (nSPS) is 14.9. The first-order valence-electron chi connectivity index (χ1n) is 7.96. The lowest BCUT2D eigenvalue weighted by Gasteiger charge is -2.05. The summed E-state index contributed by atoms with van der Waals surface area (Å²) in [5, 5.41) is 4.79. The summed E-state index contributed by atoms with van der Waals surface area (Å²) < 4.78 is 0. The Balaban J connectivity index is 1.83. The zero-order valence-electron chi connectivity index (χ0n) is 13.1. The molecule has 1 N–H and O–H groups in total. The molecule has 0 atom stereocenters. The SMILES string of the molecule is CCNCc1sc(C2Cc3ccccc3C2)nc1C(C)C. The van der Waals surface area contributed by atoms with E-state index < -0.39 is 0 Å². The van der Waals surface area contributed by atoms with E-state index in [4.69, 9.17) is 4.98 Å². The van der Waals surface area contributed by atoms with Crippen LogP contribution in [0.1, 0.15) is 59.3 Å². The highest BCUT2D eigenvalue weighted by molar-refractivity contribution is 7.11. The van der Waals surface area contributed by atoms with Crippen LogP contribution in [-0.2, 0) is 19.4 Å². The molecule has 1 aromatic heterocycles. The molecule has 1 aliphatic carbocycles. The fourth-order valence-corrected chi connectivity index (χ4v) is 4.40. The van der Waals surface area contributed by atoms with E-state index in [1.54, 1.807) is 0 Å². The minimum Gasteiger partial charge on any atom is -0.312 e. The second-order valence-corrected chi connectivity index (χ2v) is 7.28. The topological polar surface area (TPSA) is 24.9 Å². The Morgan fingerprint density at radius 3 is 2.48 bits per heavy atom. The molecule has 21 heavy (non-hydrogen) atoms. The maximum Gasteiger partial charge on any atom is 0.0969 e. The molecule has 0 aliphatic heterocycles. The van der Waals surface area contributed by atoms with Gasteiger partial charge in [-0.05, 0) is 36.4 Å². The number of fused-ring (bicyclic) bond motifs is 1. The first-order chi connectivity index (χ1) is 10.2. The lowest BCUT2D eigenvalue weighted by atomic mass is 10.1. The Morgan fingerprint density at radius 2 is 1.90 bits per heavy atom. The van der Waals surface area contributed by atoms with Crippen LogP contribution in [0.15, 0.2) is 24.3 Å². The van der Waals surface area contributed by atoms with Gasteiger partial charge in [-0.2, -0.15) is 0 Å².